The predicted molar refractivity (Wildman–Crippen MR) is 64.5 cm³/mol. The highest BCUT2D eigenvalue weighted by molar-refractivity contribution is 5.67. The lowest BCUT2D eigenvalue weighted by Crippen LogP contribution is -2.32. The summed E-state index contributed by atoms with van der Waals surface area (Å²) in [6.07, 6.45) is 1.46. The van der Waals surface area contributed by atoms with Crippen molar-refractivity contribution in [2.24, 2.45) is 0 Å². The summed E-state index contributed by atoms with van der Waals surface area (Å²) in [5.74, 6) is 0. The van der Waals surface area contributed by atoms with Gasteiger partial charge in [-0.15, -0.1) is 0 Å². The molecule has 0 radical (unpaired) electrons. The molecule has 0 saturated heterocycles. The summed E-state index contributed by atoms with van der Waals surface area (Å²) in [5.41, 5.74) is 0.947. The van der Waals surface area contributed by atoms with Crippen molar-refractivity contribution < 1.29 is 14.3 Å². The third kappa shape index (κ3) is 5.70. The van der Waals surface area contributed by atoms with Crippen LogP contribution in [-0.4, -0.2) is 18.4 Å². The van der Waals surface area contributed by atoms with Crippen LogP contribution in [0.25, 0.3) is 0 Å². The molecule has 0 saturated carbocycles. The summed E-state index contributed by atoms with van der Waals surface area (Å²) in [7, 11) is 0. The summed E-state index contributed by atoms with van der Waals surface area (Å²) < 4.78 is 5.04. The van der Waals surface area contributed by atoms with Crippen LogP contribution in [0.4, 0.5) is 4.79 Å². The van der Waals surface area contributed by atoms with Crippen molar-refractivity contribution >= 4 is 12.4 Å². The molecule has 4 heteroatoms. The molecule has 1 N–H and O–H groups in total. The first kappa shape index (κ1) is 13.2. The minimum absolute atomic E-state index is 0.0523. The number of benzene rings is 1. The first-order valence-corrected chi connectivity index (χ1v) is 5.63. The molecular formula is C13H17NO3. The molecule has 1 rings (SSSR count). The number of ether oxygens (including phenoxy) is 1. The predicted octanol–water partition coefficient (Wildman–Crippen LogP) is 2.28. The molecule has 17 heavy (non-hydrogen) atoms. The molecular weight excluding hydrogens is 218 g/mol. The average molecular weight is 235 g/mol. The van der Waals surface area contributed by atoms with E-state index in [0.717, 1.165) is 11.8 Å². The van der Waals surface area contributed by atoms with Gasteiger partial charge >= 0.3 is 6.09 Å². The van der Waals surface area contributed by atoms with Crippen LogP contribution >= 0.6 is 0 Å². The largest absolute Gasteiger partial charge is 0.445 e. The number of amides is 1. The topological polar surface area (TPSA) is 55.4 Å². The van der Waals surface area contributed by atoms with E-state index < -0.39 is 6.09 Å². The maximum atomic E-state index is 11.4. The number of nitrogens with one attached hydrogen (secondary N) is 1. The van der Waals surface area contributed by atoms with Gasteiger partial charge in [-0.05, 0) is 18.9 Å². The number of carbonyl (C=O) groups is 2. The number of aldehydes is 1. The standard InChI is InChI=1S/C13H17NO3/c1-11(6-5-9-15)14-13(16)17-10-12-7-3-2-4-8-12/h2-4,7-9,11H,5-6,10H2,1H3,(H,14,16). The SMILES string of the molecule is CC(CCC=O)NC(=O)OCc1ccccc1. The van der Waals surface area contributed by atoms with Gasteiger partial charge in [0.05, 0.1) is 0 Å². The van der Waals surface area contributed by atoms with Crippen molar-refractivity contribution in [3.05, 3.63) is 35.9 Å². The van der Waals surface area contributed by atoms with Crippen LogP contribution in [0.1, 0.15) is 25.3 Å². The monoisotopic (exact) mass is 235 g/mol. The number of hydrogen-bond donors (Lipinski definition) is 1. The van der Waals surface area contributed by atoms with Gasteiger partial charge < -0.3 is 14.8 Å². The Balaban J connectivity index is 2.23. The minimum Gasteiger partial charge on any atom is -0.445 e. The molecule has 0 heterocycles. The zero-order chi connectivity index (χ0) is 12.5. The fourth-order valence-corrected chi connectivity index (χ4v) is 1.36. The Morgan fingerprint density at radius 1 is 1.41 bits per heavy atom. The zero-order valence-corrected chi connectivity index (χ0v) is 9.89. The molecule has 1 unspecified atom stereocenters. The molecule has 1 aromatic carbocycles. The van der Waals surface area contributed by atoms with Gasteiger partial charge in [0, 0.05) is 12.5 Å². The number of rotatable bonds is 6. The van der Waals surface area contributed by atoms with Crippen molar-refractivity contribution in [1.82, 2.24) is 5.32 Å². The molecule has 1 aromatic rings. The first-order valence-electron chi connectivity index (χ1n) is 5.63. The molecule has 1 amide bonds. The lowest BCUT2D eigenvalue weighted by Gasteiger charge is -2.12. The zero-order valence-electron chi connectivity index (χ0n) is 9.89. The van der Waals surface area contributed by atoms with Crippen LogP contribution in [0.3, 0.4) is 0 Å². The van der Waals surface area contributed by atoms with Crippen LogP contribution < -0.4 is 5.32 Å². The van der Waals surface area contributed by atoms with Gasteiger partial charge in [0.2, 0.25) is 0 Å². The van der Waals surface area contributed by atoms with E-state index in [2.05, 4.69) is 5.32 Å². The van der Waals surface area contributed by atoms with E-state index in [0.29, 0.717) is 12.8 Å². The van der Waals surface area contributed by atoms with Crippen molar-refractivity contribution in [3.63, 3.8) is 0 Å². The fraction of sp³-hybridized carbons (Fsp3) is 0.385. The minimum atomic E-state index is -0.452. The van der Waals surface area contributed by atoms with Gasteiger partial charge in [-0.3, -0.25) is 0 Å². The van der Waals surface area contributed by atoms with Gasteiger partial charge in [0.1, 0.15) is 12.9 Å². The Morgan fingerprint density at radius 3 is 2.76 bits per heavy atom. The molecule has 0 spiro atoms. The summed E-state index contributed by atoms with van der Waals surface area (Å²) in [6, 6.07) is 9.42. The van der Waals surface area contributed by atoms with E-state index >= 15 is 0 Å². The molecule has 0 aliphatic heterocycles. The van der Waals surface area contributed by atoms with Crippen LogP contribution in [0.5, 0.6) is 0 Å². The molecule has 0 bridgehead atoms. The maximum Gasteiger partial charge on any atom is 0.407 e. The van der Waals surface area contributed by atoms with Crippen LogP contribution in [0.15, 0.2) is 30.3 Å². The molecule has 1 atom stereocenters. The van der Waals surface area contributed by atoms with E-state index in [1.165, 1.54) is 0 Å². The maximum absolute atomic E-state index is 11.4. The Bertz CT molecular complexity index is 351. The number of alkyl carbamates (subject to hydrolysis) is 1. The van der Waals surface area contributed by atoms with E-state index in [1.54, 1.807) is 0 Å². The lowest BCUT2D eigenvalue weighted by molar-refractivity contribution is -0.108. The van der Waals surface area contributed by atoms with Gasteiger partial charge in [-0.1, -0.05) is 30.3 Å². The highest BCUT2D eigenvalue weighted by Gasteiger charge is 2.07. The highest BCUT2D eigenvalue weighted by atomic mass is 16.5. The van der Waals surface area contributed by atoms with Gasteiger partial charge in [0.25, 0.3) is 0 Å². The third-order valence-corrected chi connectivity index (χ3v) is 2.29. The fourth-order valence-electron chi connectivity index (χ4n) is 1.36. The first-order chi connectivity index (χ1) is 8.22. The second-order valence-corrected chi connectivity index (χ2v) is 3.85. The van der Waals surface area contributed by atoms with Gasteiger partial charge in [0.15, 0.2) is 0 Å². The Labute approximate surface area is 101 Å². The highest BCUT2D eigenvalue weighted by Crippen LogP contribution is 2.01. The van der Waals surface area contributed by atoms with Crippen LogP contribution in [0, 0.1) is 0 Å². The quantitative estimate of drug-likeness (QED) is 0.769. The Morgan fingerprint density at radius 2 is 2.12 bits per heavy atom. The molecule has 0 aromatic heterocycles. The van der Waals surface area contributed by atoms with Crippen molar-refractivity contribution in [3.8, 4) is 0 Å². The molecule has 0 fully saturated rings. The van der Waals surface area contributed by atoms with Crippen LogP contribution in [-0.2, 0) is 16.1 Å². The molecule has 0 aliphatic rings. The van der Waals surface area contributed by atoms with Crippen molar-refractivity contribution in [2.75, 3.05) is 0 Å². The second-order valence-electron chi connectivity index (χ2n) is 3.85. The van der Waals surface area contributed by atoms with E-state index in [1.807, 2.05) is 37.3 Å². The van der Waals surface area contributed by atoms with Crippen molar-refractivity contribution in [1.29, 1.82) is 0 Å². The second kappa shape index (κ2) is 7.44. The van der Waals surface area contributed by atoms with Crippen LogP contribution in [0.2, 0.25) is 0 Å². The third-order valence-electron chi connectivity index (χ3n) is 2.29. The van der Waals surface area contributed by atoms with Crippen molar-refractivity contribution in [2.45, 2.75) is 32.4 Å². The number of carbonyl (C=O) groups excluding carboxylic acids is 2. The van der Waals surface area contributed by atoms with E-state index in [4.69, 9.17) is 4.74 Å². The summed E-state index contributed by atoms with van der Waals surface area (Å²) >= 11 is 0. The van der Waals surface area contributed by atoms with Gasteiger partial charge in [-0.2, -0.15) is 0 Å². The van der Waals surface area contributed by atoms with Gasteiger partial charge in [-0.25, -0.2) is 4.79 Å². The lowest BCUT2D eigenvalue weighted by atomic mass is 10.2. The van der Waals surface area contributed by atoms with E-state index in [9.17, 15) is 9.59 Å². The smallest absolute Gasteiger partial charge is 0.407 e. The normalized spacial score (nSPS) is 11.6. The summed E-state index contributed by atoms with van der Waals surface area (Å²) in [6.45, 7) is 2.10. The molecule has 4 nitrogen and oxygen atoms in total. The summed E-state index contributed by atoms with van der Waals surface area (Å²) in [5, 5.41) is 2.66. The average Bonchev–Trinajstić information content (AvgIpc) is 2.35. The number of hydrogen-bond acceptors (Lipinski definition) is 3. The molecule has 92 valence electrons. The Hall–Kier alpha value is -1.84. The summed E-state index contributed by atoms with van der Waals surface area (Å²) in [4.78, 5) is 21.5. The van der Waals surface area contributed by atoms with E-state index in [-0.39, 0.29) is 12.6 Å². The molecule has 0 aliphatic carbocycles. The Kier molecular flexibility index (Phi) is 5.79.